The van der Waals surface area contributed by atoms with Crippen molar-refractivity contribution in [3.05, 3.63) is 18.2 Å². The Morgan fingerprint density at radius 1 is 1.22 bits per heavy atom. The molecule has 1 unspecified atom stereocenters. The van der Waals surface area contributed by atoms with E-state index in [4.69, 9.17) is 9.47 Å². The number of benzene rings is 1. The van der Waals surface area contributed by atoms with Crippen molar-refractivity contribution in [3.8, 4) is 5.75 Å². The summed E-state index contributed by atoms with van der Waals surface area (Å²) in [5, 5.41) is 3.46. The lowest BCUT2D eigenvalue weighted by Gasteiger charge is -2.43. The van der Waals surface area contributed by atoms with Crippen LogP contribution >= 0.6 is 11.8 Å². The Balaban J connectivity index is 1.65. The first kappa shape index (κ1) is 15.6. The van der Waals surface area contributed by atoms with Crippen molar-refractivity contribution in [2.75, 3.05) is 51.4 Å². The zero-order chi connectivity index (χ0) is 15.6. The number of methoxy groups -OCH3 is 1. The van der Waals surface area contributed by atoms with Crippen LogP contribution < -0.4 is 15.0 Å². The zero-order valence-electron chi connectivity index (χ0n) is 13.7. The fourth-order valence-corrected chi connectivity index (χ4v) is 5.13. The van der Waals surface area contributed by atoms with Crippen molar-refractivity contribution in [1.29, 1.82) is 0 Å². The summed E-state index contributed by atoms with van der Waals surface area (Å²) in [6, 6.07) is 7.06. The maximum absolute atomic E-state index is 5.59. The SMILES string of the molecule is COc1ccc2c(c1)N(C1CCOCC1)C(N1CCNCC1)S2. The fraction of sp³-hybridized carbons (Fsp3) is 0.647. The van der Waals surface area contributed by atoms with Gasteiger partial charge in [0.2, 0.25) is 0 Å². The standard InChI is InChI=1S/C17H25N3O2S/c1-21-14-2-3-16-15(12-14)20(13-4-10-22-11-5-13)17(23-16)19-8-6-18-7-9-19/h2-3,12-13,17-18H,4-11H2,1H3. The largest absolute Gasteiger partial charge is 0.497 e. The molecule has 3 heterocycles. The lowest BCUT2D eigenvalue weighted by atomic mass is 10.1. The van der Waals surface area contributed by atoms with Crippen molar-refractivity contribution in [3.63, 3.8) is 0 Å². The van der Waals surface area contributed by atoms with Gasteiger partial charge in [-0.1, -0.05) is 11.8 Å². The van der Waals surface area contributed by atoms with E-state index in [9.17, 15) is 0 Å². The highest BCUT2D eigenvalue weighted by atomic mass is 32.2. The molecule has 1 aromatic carbocycles. The molecule has 6 heteroatoms. The Morgan fingerprint density at radius 2 is 2.00 bits per heavy atom. The van der Waals surface area contributed by atoms with E-state index in [1.807, 2.05) is 11.8 Å². The fourth-order valence-electron chi connectivity index (χ4n) is 3.71. The monoisotopic (exact) mass is 335 g/mol. The Labute approximate surface area is 142 Å². The molecule has 2 saturated heterocycles. The second-order valence-electron chi connectivity index (χ2n) is 6.31. The van der Waals surface area contributed by atoms with Crippen LogP contribution in [-0.2, 0) is 4.74 Å². The van der Waals surface area contributed by atoms with Gasteiger partial charge in [-0.3, -0.25) is 4.90 Å². The van der Waals surface area contributed by atoms with Gasteiger partial charge < -0.3 is 19.7 Å². The molecule has 2 fully saturated rings. The van der Waals surface area contributed by atoms with Crippen LogP contribution in [0.2, 0.25) is 0 Å². The first-order valence-corrected chi connectivity index (χ1v) is 9.40. The van der Waals surface area contributed by atoms with E-state index in [0.717, 1.165) is 58.0 Å². The van der Waals surface area contributed by atoms with Crippen LogP contribution in [-0.4, -0.2) is 62.9 Å². The normalized spacial score (nSPS) is 26.3. The van der Waals surface area contributed by atoms with E-state index in [2.05, 4.69) is 33.3 Å². The summed E-state index contributed by atoms with van der Waals surface area (Å²) in [5.74, 6) is 0.947. The Kier molecular flexibility index (Phi) is 4.66. The Bertz CT molecular complexity index is 545. The molecule has 0 radical (unpaired) electrons. The van der Waals surface area contributed by atoms with E-state index in [0.29, 0.717) is 11.5 Å². The molecule has 3 aliphatic rings. The summed E-state index contributed by atoms with van der Waals surface area (Å²) in [7, 11) is 1.75. The third-order valence-electron chi connectivity index (χ3n) is 4.96. The summed E-state index contributed by atoms with van der Waals surface area (Å²) in [6.07, 6.45) is 2.22. The molecule has 0 saturated carbocycles. The van der Waals surface area contributed by atoms with E-state index < -0.39 is 0 Å². The molecule has 0 amide bonds. The molecule has 0 bridgehead atoms. The molecule has 1 atom stereocenters. The van der Waals surface area contributed by atoms with Gasteiger partial charge in [0.25, 0.3) is 0 Å². The maximum Gasteiger partial charge on any atom is 0.135 e. The lowest BCUT2D eigenvalue weighted by Crippen LogP contribution is -2.55. The molecule has 4 rings (SSSR count). The molecule has 126 valence electrons. The molecular formula is C17H25N3O2S. The smallest absolute Gasteiger partial charge is 0.135 e. The van der Waals surface area contributed by atoms with E-state index in [-0.39, 0.29) is 0 Å². The van der Waals surface area contributed by atoms with Crippen LogP contribution in [0.3, 0.4) is 0 Å². The average molecular weight is 335 g/mol. The quantitative estimate of drug-likeness (QED) is 0.910. The second kappa shape index (κ2) is 6.89. The molecule has 1 N–H and O–H groups in total. The maximum atomic E-state index is 5.59. The van der Waals surface area contributed by atoms with Gasteiger partial charge >= 0.3 is 0 Å². The molecule has 23 heavy (non-hydrogen) atoms. The first-order chi connectivity index (χ1) is 11.4. The summed E-state index contributed by atoms with van der Waals surface area (Å²) in [4.78, 5) is 6.63. The summed E-state index contributed by atoms with van der Waals surface area (Å²) in [6.45, 7) is 6.14. The molecule has 3 aliphatic heterocycles. The molecule has 0 aliphatic carbocycles. The second-order valence-corrected chi connectivity index (χ2v) is 7.41. The zero-order valence-corrected chi connectivity index (χ0v) is 14.5. The summed E-state index contributed by atoms with van der Waals surface area (Å²) >= 11 is 1.99. The van der Waals surface area contributed by atoms with E-state index >= 15 is 0 Å². The number of hydrogen-bond acceptors (Lipinski definition) is 6. The number of nitrogens with zero attached hydrogens (tertiary/aromatic N) is 2. The van der Waals surface area contributed by atoms with E-state index in [1.165, 1.54) is 10.6 Å². The number of ether oxygens (including phenoxy) is 2. The van der Waals surface area contributed by atoms with Crippen LogP contribution in [0.15, 0.2) is 23.1 Å². The minimum absolute atomic E-state index is 0.405. The number of rotatable bonds is 3. The molecule has 5 nitrogen and oxygen atoms in total. The van der Waals surface area contributed by atoms with Crippen molar-refractivity contribution in [1.82, 2.24) is 10.2 Å². The van der Waals surface area contributed by atoms with Gasteiger partial charge in [0.1, 0.15) is 11.2 Å². The van der Waals surface area contributed by atoms with Gasteiger partial charge in [-0.15, -0.1) is 0 Å². The van der Waals surface area contributed by atoms with Crippen molar-refractivity contribution >= 4 is 17.4 Å². The van der Waals surface area contributed by atoms with Crippen molar-refractivity contribution < 1.29 is 9.47 Å². The van der Waals surface area contributed by atoms with E-state index in [1.54, 1.807) is 7.11 Å². The van der Waals surface area contributed by atoms with Crippen molar-refractivity contribution in [2.45, 2.75) is 29.3 Å². The lowest BCUT2D eigenvalue weighted by molar-refractivity contribution is 0.0792. The van der Waals surface area contributed by atoms with Gasteiger partial charge in [0.15, 0.2) is 0 Å². The van der Waals surface area contributed by atoms with Gasteiger partial charge in [0, 0.05) is 56.4 Å². The minimum Gasteiger partial charge on any atom is -0.497 e. The number of piperazine rings is 1. The third-order valence-corrected chi connectivity index (χ3v) is 6.30. The predicted octanol–water partition coefficient (Wildman–Crippen LogP) is 1.98. The van der Waals surface area contributed by atoms with Crippen LogP contribution in [0, 0.1) is 0 Å². The number of fused-ring (bicyclic) bond motifs is 1. The van der Waals surface area contributed by atoms with Crippen LogP contribution in [0.4, 0.5) is 5.69 Å². The third kappa shape index (κ3) is 3.05. The predicted molar refractivity (Wildman–Crippen MR) is 93.4 cm³/mol. The number of anilines is 1. The summed E-state index contributed by atoms with van der Waals surface area (Å²) in [5.41, 5.74) is 1.74. The number of thioether (sulfide) groups is 1. The van der Waals surface area contributed by atoms with Crippen LogP contribution in [0.1, 0.15) is 12.8 Å². The Morgan fingerprint density at radius 3 is 2.74 bits per heavy atom. The van der Waals surface area contributed by atoms with Crippen molar-refractivity contribution in [2.24, 2.45) is 0 Å². The first-order valence-electron chi connectivity index (χ1n) is 8.52. The minimum atomic E-state index is 0.405. The molecule has 0 spiro atoms. The number of nitrogens with one attached hydrogen (secondary N) is 1. The highest BCUT2D eigenvalue weighted by molar-refractivity contribution is 8.00. The van der Waals surface area contributed by atoms with Gasteiger partial charge in [-0.25, -0.2) is 0 Å². The van der Waals surface area contributed by atoms with Gasteiger partial charge in [-0.05, 0) is 25.0 Å². The van der Waals surface area contributed by atoms with Crippen LogP contribution in [0.5, 0.6) is 5.75 Å². The molecular weight excluding hydrogens is 310 g/mol. The topological polar surface area (TPSA) is 37.0 Å². The van der Waals surface area contributed by atoms with Gasteiger partial charge in [-0.2, -0.15) is 0 Å². The molecule has 0 aromatic heterocycles. The van der Waals surface area contributed by atoms with Gasteiger partial charge in [0.05, 0.1) is 12.8 Å². The highest BCUT2D eigenvalue weighted by Crippen LogP contribution is 2.48. The average Bonchev–Trinajstić information content (AvgIpc) is 3.01. The summed E-state index contributed by atoms with van der Waals surface area (Å²) < 4.78 is 11.1. The number of hydrogen-bond donors (Lipinski definition) is 1. The molecule has 1 aromatic rings. The van der Waals surface area contributed by atoms with Crippen LogP contribution in [0.25, 0.3) is 0 Å². The highest BCUT2D eigenvalue weighted by Gasteiger charge is 2.39. The Hall–Kier alpha value is -0.950.